The van der Waals surface area contributed by atoms with Gasteiger partial charge in [0.1, 0.15) is 6.54 Å². The van der Waals surface area contributed by atoms with E-state index in [0.29, 0.717) is 6.54 Å². The molecule has 0 saturated carbocycles. The molecule has 184 valence electrons. The SMILES string of the molecule is CCn1c(=O)n(C)c(=O)c2c1cnn2CC(=O)Nc1nc(-c2cc(F)c(OC(F)F)c(F)c2)cs1. The number of alkyl halides is 2. The van der Waals surface area contributed by atoms with E-state index < -0.39 is 41.2 Å². The number of ether oxygens (including phenoxy) is 1. The molecule has 0 atom stereocenters. The van der Waals surface area contributed by atoms with Crippen molar-refractivity contribution in [2.45, 2.75) is 26.6 Å². The second-order valence-corrected chi connectivity index (χ2v) is 8.02. The topological polar surface area (TPSA) is 113 Å². The number of carbonyl (C=O) groups is 1. The number of aryl methyl sites for hydroxylation is 1. The molecule has 1 N–H and O–H groups in total. The molecule has 0 spiro atoms. The quantitative estimate of drug-likeness (QED) is 0.381. The number of carbonyl (C=O) groups excluding carboxylic acids is 1. The number of nitrogens with zero attached hydrogens (tertiary/aromatic N) is 5. The van der Waals surface area contributed by atoms with Crippen molar-refractivity contribution >= 4 is 33.4 Å². The van der Waals surface area contributed by atoms with Gasteiger partial charge in [0, 0.05) is 24.5 Å². The van der Waals surface area contributed by atoms with Gasteiger partial charge in [-0.1, -0.05) is 0 Å². The molecule has 1 amide bonds. The summed E-state index contributed by atoms with van der Waals surface area (Å²) in [7, 11) is 1.32. The van der Waals surface area contributed by atoms with Crippen LogP contribution in [0.4, 0.5) is 22.7 Å². The maximum atomic E-state index is 14.0. The fourth-order valence-corrected chi connectivity index (χ4v) is 4.15. The third-order valence-corrected chi connectivity index (χ3v) is 5.75. The summed E-state index contributed by atoms with van der Waals surface area (Å²) in [6.07, 6.45) is 1.32. The highest BCUT2D eigenvalue weighted by molar-refractivity contribution is 7.14. The van der Waals surface area contributed by atoms with Crippen molar-refractivity contribution in [3.05, 3.63) is 56.2 Å². The molecule has 0 aliphatic rings. The summed E-state index contributed by atoms with van der Waals surface area (Å²) < 4.78 is 59.9. The fourth-order valence-electron chi connectivity index (χ4n) is 3.42. The average Bonchev–Trinajstić information content (AvgIpc) is 3.42. The van der Waals surface area contributed by atoms with Crippen molar-refractivity contribution in [3.8, 4) is 17.0 Å². The fraction of sp³-hybridized carbons (Fsp3) is 0.250. The Labute approximate surface area is 197 Å². The van der Waals surface area contributed by atoms with Crippen LogP contribution in [0.3, 0.4) is 0 Å². The normalized spacial score (nSPS) is 11.4. The summed E-state index contributed by atoms with van der Waals surface area (Å²) in [5.74, 6) is -4.49. The highest BCUT2D eigenvalue weighted by Gasteiger charge is 2.20. The van der Waals surface area contributed by atoms with E-state index in [0.717, 1.165) is 32.7 Å². The maximum Gasteiger partial charge on any atom is 0.387 e. The number of nitrogens with one attached hydrogen (secondary N) is 1. The maximum absolute atomic E-state index is 14.0. The number of halogens is 4. The van der Waals surface area contributed by atoms with Gasteiger partial charge in [-0.05, 0) is 19.1 Å². The van der Waals surface area contributed by atoms with E-state index in [1.54, 1.807) is 6.92 Å². The lowest BCUT2D eigenvalue weighted by Gasteiger charge is -2.08. The number of fused-ring (bicyclic) bond motifs is 1. The number of amides is 1. The van der Waals surface area contributed by atoms with Gasteiger partial charge in [-0.15, -0.1) is 11.3 Å². The van der Waals surface area contributed by atoms with Crippen LogP contribution in [0.15, 0.2) is 33.3 Å². The van der Waals surface area contributed by atoms with Crippen molar-refractivity contribution in [3.63, 3.8) is 0 Å². The van der Waals surface area contributed by atoms with Crippen LogP contribution in [0, 0.1) is 11.6 Å². The van der Waals surface area contributed by atoms with Crippen LogP contribution in [0.5, 0.6) is 5.75 Å². The largest absolute Gasteiger partial charge is 0.429 e. The van der Waals surface area contributed by atoms with Crippen molar-refractivity contribution in [1.29, 1.82) is 0 Å². The Balaban J connectivity index is 1.55. The van der Waals surface area contributed by atoms with Crippen molar-refractivity contribution < 1.29 is 27.1 Å². The molecule has 1 aromatic carbocycles. The molecule has 15 heteroatoms. The molecule has 4 rings (SSSR count). The van der Waals surface area contributed by atoms with E-state index in [2.05, 4.69) is 20.1 Å². The van der Waals surface area contributed by atoms with Gasteiger partial charge in [-0.2, -0.15) is 13.9 Å². The predicted molar refractivity (Wildman–Crippen MR) is 118 cm³/mol. The first-order chi connectivity index (χ1) is 16.6. The third kappa shape index (κ3) is 4.53. The molecule has 35 heavy (non-hydrogen) atoms. The van der Waals surface area contributed by atoms with Gasteiger partial charge in [-0.25, -0.2) is 23.2 Å². The minimum absolute atomic E-state index is 0.0579. The molecule has 0 aliphatic heterocycles. The number of thiazole rings is 1. The summed E-state index contributed by atoms with van der Waals surface area (Å²) >= 11 is 0.949. The van der Waals surface area contributed by atoms with E-state index >= 15 is 0 Å². The minimum atomic E-state index is -3.40. The second-order valence-electron chi connectivity index (χ2n) is 7.16. The molecule has 3 aromatic heterocycles. The number of aromatic nitrogens is 5. The van der Waals surface area contributed by atoms with Crippen LogP contribution in [0.2, 0.25) is 0 Å². The van der Waals surface area contributed by atoms with Gasteiger partial charge in [0.2, 0.25) is 5.91 Å². The smallest absolute Gasteiger partial charge is 0.387 e. The zero-order chi connectivity index (χ0) is 25.4. The lowest BCUT2D eigenvalue weighted by Crippen LogP contribution is -2.38. The first kappa shape index (κ1) is 24.1. The van der Waals surface area contributed by atoms with E-state index in [1.165, 1.54) is 23.2 Å². The van der Waals surface area contributed by atoms with Gasteiger partial charge in [0.25, 0.3) is 5.56 Å². The zero-order valence-electron chi connectivity index (χ0n) is 18.1. The molecular weight excluding hydrogens is 496 g/mol. The Morgan fingerprint density at radius 2 is 1.91 bits per heavy atom. The van der Waals surface area contributed by atoms with E-state index in [-0.39, 0.29) is 34.0 Å². The van der Waals surface area contributed by atoms with Gasteiger partial charge in [-0.3, -0.25) is 18.7 Å². The summed E-state index contributed by atoms with van der Waals surface area (Å²) in [6, 6.07) is 1.56. The zero-order valence-corrected chi connectivity index (χ0v) is 18.9. The third-order valence-electron chi connectivity index (χ3n) is 5.00. The predicted octanol–water partition coefficient (Wildman–Crippen LogP) is 2.56. The molecule has 4 aromatic rings. The molecule has 0 fully saturated rings. The summed E-state index contributed by atoms with van der Waals surface area (Å²) in [5, 5.41) is 8.02. The molecule has 3 heterocycles. The Morgan fingerprint density at radius 1 is 1.23 bits per heavy atom. The Kier molecular flexibility index (Phi) is 6.43. The van der Waals surface area contributed by atoms with Crippen molar-refractivity contribution in [1.82, 2.24) is 23.9 Å². The lowest BCUT2D eigenvalue weighted by molar-refractivity contribution is -0.116. The summed E-state index contributed by atoms with van der Waals surface area (Å²) in [5.41, 5.74) is -0.741. The molecule has 0 aliphatic carbocycles. The highest BCUT2D eigenvalue weighted by Crippen LogP contribution is 2.31. The van der Waals surface area contributed by atoms with Crippen molar-refractivity contribution in [2.24, 2.45) is 7.05 Å². The van der Waals surface area contributed by atoms with Crippen LogP contribution < -0.4 is 21.3 Å². The van der Waals surface area contributed by atoms with Crippen LogP contribution >= 0.6 is 11.3 Å². The van der Waals surface area contributed by atoms with Gasteiger partial charge >= 0.3 is 12.3 Å². The monoisotopic (exact) mass is 512 g/mol. The van der Waals surface area contributed by atoms with Gasteiger partial charge < -0.3 is 10.1 Å². The minimum Gasteiger partial charge on any atom is -0.429 e. The first-order valence-corrected chi connectivity index (χ1v) is 10.8. The van der Waals surface area contributed by atoms with Crippen LogP contribution in [0.25, 0.3) is 22.3 Å². The molecule has 10 nitrogen and oxygen atoms in total. The molecule has 0 radical (unpaired) electrons. The molecule has 0 bridgehead atoms. The number of hydrogen-bond donors (Lipinski definition) is 1. The highest BCUT2D eigenvalue weighted by atomic mass is 32.1. The Hall–Kier alpha value is -4.01. The molecule has 0 unspecified atom stereocenters. The lowest BCUT2D eigenvalue weighted by atomic mass is 10.1. The second kappa shape index (κ2) is 9.32. The molecular formula is C20H16F4N6O4S. The van der Waals surface area contributed by atoms with E-state index in [1.807, 2.05) is 0 Å². The number of hydrogen-bond acceptors (Lipinski definition) is 7. The Morgan fingerprint density at radius 3 is 2.54 bits per heavy atom. The van der Waals surface area contributed by atoms with Crippen LogP contribution in [0.1, 0.15) is 6.92 Å². The van der Waals surface area contributed by atoms with Crippen LogP contribution in [-0.2, 0) is 24.9 Å². The molecule has 0 saturated heterocycles. The van der Waals surface area contributed by atoms with Gasteiger partial charge in [0.15, 0.2) is 28.0 Å². The van der Waals surface area contributed by atoms with Gasteiger partial charge in [0.05, 0.1) is 17.4 Å². The van der Waals surface area contributed by atoms with E-state index in [4.69, 9.17) is 0 Å². The number of rotatable bonds is 7. The summed E-state index contributed by atoms with van der Waals surface area (Å²) in [6.45, 7) is -1.75. The number of benzene rings is 1. The summed E-state index contributed by atoms with van der Waals surface area (Å²) in [4.78, 5) is 41.5. The standard InChI is InChI=1S/C20H16F4N6O4S/c1-3-29-13-6-25-30(15(13)17(32)28(2)20(29)33)7-14(31)27-19-26-12(8-35-19)9-4-10(21)16(11(22)5-9)34-18(23)24/h4-6,8,18H,3,7H2,1-2H3,(H,26,27,31). The van der Waals surface area contributed by atoms with Crippen LogP contribution in [-0.4, -0.2) is 36.4 Å². The average molecular weight is 512 g/mol. The first-order valence-electron chi connectivity index (χ1n) is 9.95. The Bertz CT molecular complexity index is 1530. The van der Waals surface area contributed by atoms with E-state index in [9.17, 15) is 31.9 Å². The number of anilines is 1. The van der Waals surface area contributed by atoms with Crippen molar-refractivity contribution in [2.75, 3.05) is 5.32 Å².